The van der Waals surface area contributed by atoms with Crippen molar-refractivity contribution in [3.8, 4) is 23.0 Å². The van der Waals surface area contributed by atoms with Gasteiger partial charge in [-0.1, -0.05) is 12.1 Å². The largest absolute Gasteiger partial charge is 0.508 e. The molecular weight excluding hydrogens is 412 g/mol. The quantitative estimate of drug-likeness (QED) is 0.573. The summed E-state index contributed by atoms with van der Waals surface area (Å²) >= 11 is 0. The van der Waals surface area contributed by atoms with Gasteiger partial charge < -0.3 is 29.9 Å². The molecule has 4 N–H and O–H groups in total. The van der Waals surface area contributed by atoms with Crippen molar-refractivity contribution in [1.29, 1.82) is 0 Å². The van der Waals surface area contributed by atoms with E-state index in [1.165, 1.54) is 26.0 Å². The second kappa shape index (κ2) is 7.53. The molecule has 0 aromatic heterocycles. The van der Waals surface area contributed by atoms with Gasteiger partial charge >= 0.3 is 0 Å². The zero-order chi connectivity index (χ0) is 23.4. The summed E-state index contributed by atoms with van der Waals surface area (Å²) in [7, 11) is 0. The number of aromatic hydroxyl groups is 2. The van der Waals surface area contributed by atoms with Crippen LogP contribution in [0.1, 0.15) is 67.3 Å². The summed E-state index contributed by atoms with van der Waals surface area (Å²) in [4.78, 5) is 13.1. The van der Waals surface area contributed by atoms with Gasteiger partial charge in [-0.25, -0.2) is 0 Å². The standard InChI is InChI=1S/C25H28O7/c1-24(2)10-9-15-21(29)20-17(27)12-18(13-5-7-14(26)8-6-13)31-23(20)16(22(15)32-24)11-19(28)25(3,4)30/h5-10,18-19,26,28-30H,11-12H2,1-4H3/t18-,19+/m0/s1. The molecule has 0 radical (unpaired) electrons. The Hall–Kier alpha value is -3.03. The van der Waals surface area contributed by atoms with Gasteiger partial charge in [0.2, 0.25) is 0 Å². The number of hydrogen-bond acceptors (Lipinski definition) is 7. The van der Waals surface area contributed by atoms with E-state index in [1.807, 2.05) is 13.8 Å². The van der Waals surface area contributed by atoms with E-state index < -0.39 is 23.4 Å². The van der Waals surface area contributed by atoms with E-state index in [2.05, 4.69) is 0 Å². The lowest BCUT2D eigenvalue weighted by Gasteiger charge is -2.35. The summed E-state index contributed by atoms with van der Waals surface area (Å²) in [6.07, 6.45) is 1.63. The van der Waals surface area contributed by atoms with Crippen molar-refractivity contribution in [2.45, 2.75) is 63.9 Å². The van der Waals surface area contributed by atoms with Crippen molar-refractivity contribution in [2.24, 2.45) is 0 Å². The molecule has 2 aliphatic heterocycles. The van der Waals surface area contributed by atoms with Crippen LogP contribution in [0.5, 0.6) is 23.0 Å². The van der Waals surface area contributed by atoms with Crippen LogP contribution in [-0.4, -0.2) is 43.5 Å². The molecule has 2 heterocycles. The summed E-state index contributed by atoms with van der Waals surface area (Å²) in [5.74, 6) is 0.0276. The van der Waals surface area contributed by atoms with Gasteiger partial charge in [-0.15, -0.1) is 0 Å². The lowest BCUT2D eigenvalue weighted by Crippen LogP contribution is -2.38. The van der Waals surface area contributed by atoms with E-state index in [-0.39, 0.29) is 41.4 Å². The molecule has 0 unspecified atom stereocenters. The minimum Gasteiger partial charge on any atom is -0.508 e. The molecule has 2 aromatic rings. The van der Waals surface area contributed by atoms with Crippen molar-refractivity contribution >= 4 is 11.9 Å². The minimum absolute atomic E-state index is 0.00761. The molecule has 0 amide bonds. The van der Waals surface area contributed by atoms with E-state index in [1.54, 1.807) is 24.3 Å². The topological polar surface area (TPSA) is 116 Å². The molecule has 7 nitrogen and oxygen atoms in total. The van der Waals surface area contributed by atoms with Gasteiger partial charge in [0.05, 0.1) is 23.7 Å². The third kappa shape index (κ3) is 3.94. The van der Waals surface area contributed by atoms with E-state index in [0.717, 1.165) is 0 Å². The molecule has 0 bridgehead atoms. The Morgan fingerprint density at radius 1 is 1.16 bits per heavy atom. The lowest BCUT2D eigenvalue weighted by molar-refractivity contribution is -0.0476. The first-order valence-electron chi connectivity index (χ1n) is 10.6. The highest BCUT2D eigenvalue weighted by molar-refractivity contribution is 6.05. The molecule has 170 valence electrons. The Morgan fingerprint density at radius 3 is 2.44 bits per heavy atom. The second-order valence-corrected chi connectivity index (χ2v) is 9.51. The Morgan fingerprint density at radius 2 is 1.81 bits per heavy atom. The number of rotatable bonds is 4. The minimum atomic E-state index is -1.41. The first-order valence-corrected chi connectivity index (χ1v) is 10.6. The summed E-state index contributed by atoms with van der Waals surface area (Å²) in [6.45, 7) is 6.69. The van der Waals surface area contributed by atoms with Crippen LogP contribution >= 0.6 is 0 Å². The maximum atomic E-state index is 13.1. The molecule has 0 saturated carbocycles. The Labute approximate surface area is 186 Å². The molecule has 4 rings (SSSR count). The van der Waals surface area contributed by atoms with Gasteiger partial charge in [-0.3, -0.25) is 4.79 Å². The Kier molecular flexibility index (Phi) is 5.22. The monoisotopic (exact) mass is 440 g/mol. The van der Waals surface area contributed by atoms with Crippen LogP contribution in [0.25, 0.3) is 6.08 Å². The van der Waals surface area contributed by atoms with Crippen LogP contribution in [0.3, 0.4) is 0 Å². The van der Waals surface area contributed by atoms with Gasteiger partial charge in [0.1, 0.15) is 40.3 Å². The second-order valence-electron chi connectivity index (χ2n) is 9.51. The predicted octanol–water partition coefficient (Wildman–Crippen LogP) is 3.66. The zero-order valence-corrected chi connectivity index (χ0v) is 18.5. The number of benzene rings is 2. The molecule has 0 aliphatic carbocycles. The number of aliphatic hydroxyl groups is 2. The van der Waals surface area contributed by atoms with Crippen molar-refractivity contribution in [2.75, 3.05) is 0 Å². The van der Waals surface area contributed by atoms with Crippen LogP contribution in [0.2, 0.25) is 0 Å². The number of carbonyl (C=O) groups is 1. The maximum absolute atomic E-state index is 13.1. The first-order chi connectivity index (χ1) is 14.9. The molecule has 0 spiro atoms. The van der Waals surface area contributed by atoms with Gasteiger partial charge in [0, 0.05) is 12.0 Å². The van der Waals surface area contributed by atoms with Crippen molar-refractivity contribution in [3.63, 3.8) is 0 Å². The maximum Gasteiger partial charge on any atom is 0.174 e. The average Bonchev–Trinajstić information content (AvgIpc) is 2.69. The van der Waals surface area contributed by atoms with Crippen LogP contribution in [0.4, 0.5) is 0 Å². The number of ether oxygens (including phenoxy) is 2. The Balaban J connectivity index is 1.89. The fourth-order valence-electron chi connectivity index (χ4n) is 3.97. The molecule has 2 aromatic carbocycles. The van der Waals surface area contributed by atoms with Gasteiger partial charge in [-0.2, -0.15) is 0 Å². The lowest BCUT2D eigenvalue weighted by atomic mass is 9.86. The molecule has 32 heavy (non-hydrogen) atoms. The van der Waals surface area contributed by atoms with Crippen LogP contribution in [-0.2, 0) is 6.42 Å². The number of ketones is 1. The number of phenolic OH excluding ortho intramolecular Hbond substituents is 2. The smallest absolute Gasteiger partial charge is 0.174 e. The zero-order valence-electron chi connectivity index (χ0n) is 18.5. The van der Waals surface area contributed by atoms with Crippen LogP contribution in [0, 0.1) is 0 Å². The molecular formula is C25H28O7. The SMILES string of the molecule is CC1(C)C=Cc2c(O)c3c(c(C[C@@H](O)C(C)(C)O)c2O1)O[C@H](c1ccc(O)cc1)CC3=O. The first kappa shape index (κ1) is 22.2. The van der Waals surface area contributed by atoms with Crippen LogP contribution in [0.15, 0.2) is 30.3 Å². The van der Waals surface area contributed by atoms with Gasteiger partial charge in [0.15, 0.2) is 5.78 Å². The number of aliphatic hydroxyl groups excluding tert-OH is 1. The summed E-state index contributed by atoms with van der Waals surface area (Å²) in [6, 6.07) is 6.37. The highest BCUT2D eigenvalue weighted by Gasteiger charge is 2.39. The fourth-order valence-corrected chi connectivity index (χ4v) is 3.97. The van der Waals surface area contributed by atoms with E-state index in [0.29, 0.717) is 22.4 Å². The number of carbonyl (C=O) groups excluding carboxylic acids is 1. The highest BCUT2D eigenvalue weighted by atomic mass is 16.5. The average molecular weight is 440 g/mol. The number of phenols is 2. The van der Waals surface area contributed by atoms with Crippen LogP contribution < -0.4 is 9.47 Å². The number of hydrogen-bond donors (Lipinski definition) is 4. The summed E-state index contributed by atoms with van der Waals surface area (Å²) < 4.78 is 12.4. The summed E-state index contributed by atoms with van der Waals surface area (Å²) in [5.41, 5.74) is -0.597. The Bertz CT molecular complexity index is 1090. The number of fused-ring (bicyclic) bond motifs is 2. The fraction of sp³-hybridized carbons (Fsp3) is 0.400. The van der Waals surface area contributed by atoms with Crippen molar-refractivity contribution in [3.05, 3.63) is 52.6 Å². The van der Waals surface area contributed by atoms with Crippen molar-refractivity contribution < 1.29 is 34.7 Å². The highest BCUT2D eigenvalue weighted by Crippen LogP contribution is 2.51. The van der Waals surface area contributed by atoms with E-state index in [9.17, 15) is 25.2 Å². The number of Topliss-reactive ketones (excluding diaryl/α,β-unsaturated/α-hetero) is 1. The normalized spacial score (nSPS) is 20.1. The van der Waals surface area contributed by atoms with E-state index >= 15 is 0 Å². The third-order valence-corrected chi connectivity index (χ3v) is 5.92. The molecule has 0 fully saturated rings. The van der Waals surface area contributed by atoms with Gasteiger partial charge in [-0.05, 0) is 57.5 Å². The van der Waals surface area contributed by atoms with E-state index in [4.69, 9.17) is 9.47 Å². The molecule has 7 heteroatoms. The molecule has 2 atom stereocenters. The molecule has 2 aliphatic rings. The third-order valence-electron chi connectivity index (χ3n) is 5.92. The summed E-state index contributed by atoms with van der Waals surface area (Å²) in [5, 5.41) is 41.5. The predicted molar refractivity (Wildman–Crippen MR) is 118 cm³/mol. The molecule has 0 saturated heterocycles. The van der Waals surface area contributed by atoms with Crippen molar-refractivity contribution in [1.82, 2.24) is 0 Å². The van der Waals surface area contributed by atoms with Gasteiger partial charge in [0.25, 0.3) is 0 Å².